The zero-order chi connectivity index (χ0) is 9.52. The first-order valence-electron chi connectivity index (χ1n) is 4.98. The van der Waals surface area contributed by atoms with Gasteiger partial charge in [0, 0.05) is 12.4 Å². The highest BCUT2D eigenvalue weighted by atomic mass is 14.6. The summed E-state index contributed by atoms with van der Waals surface area (Å²) < 4.78 is 0. The van der Waals surface area contributed by atoms with E-state index in [0.29, 0.717) is 0 Å². The van der Waals surface area contributed by atoms with Crippen LogP contribution in [0.15, 0.2) is 24.5 Å². The first-order chi connectivity index (χ1) is 6.38. The van der Waals surface area contributed by atoms with Crippen LogP contribution in [0.5, 0.6) is 0 Å². The molecule has 0 saturated carbocycles. The van der Waals surface area contributed by atoms with Gasteiger partial charge in [-0.25, -0.2) is 0 Å². The van der Waals surface area contributed by atoms with E-state index in [4.69, 9.17) is 0 Å². The summed E-state index contributed by atoms with van der Waals surface area (Å²) in [4.78, 5) is 4.13. The predicted molar refractivity (Wildman–Crippen MR) is 57.6 cm³/mol. The molecule has 0 fully saturated rings. The molecule has 0 saturated heterocycles. The van der Waals surface area contributed by atoms with E-state index in [-0.39, 0.29) is 0 Å². The zero-order valence-electron chi connectivity index (χ0n) is 8.46. The lowest BCUT2D eigenvalue weighted by atomic mass is 10.1. The molecule has 1 heterocycles. The van der Waals surface area contributed by atoms with Gasteiger partial charge in [0.2, 0.25) is 0 Å². The molecule has 0 amide bonds. The molecule has 1 rings (SSSR count). The minimum absolute atomic E-state index is 1.08. The number of aromatic nitrogens is 1. The lowest BCUT2D eigenvalue weighted by molar-refractivity contribution is 0.915. The lowest BCUT2D eigenvalue weighted by Crippen LogP contribution is -1.88. The third-order valence-corrected chi connectivity index (χ3v) is 2.00. The van der Waals surface area contributed by atoms with E-state index in [1.807, 2.05) is 12.4 Å². The highest BCUT2D eigenvalue weighted by molar-refractivity contribution is 5.52. The monoisotopic (exact) mass is 175 g/mol. The minimum Gasteiger partial charge on any atom is -0.264 e. The number of hydrogen-bond donors (Lipinski definition) is 0. The van der Waals surface area contributed by atoms with E-state index in [0.717, 1.165) is 12.8 Å². The first-order valence-corrected chi connectivity index (χ1v) is 4.98. The Morgan fingerprint density at radius 1 is 1.38 bits per heavy atom. The standard InChI is InChI=1S/C12H17N/c1-3-5-7-12-10-13-9-8-11(12)6-4-2/h5,7-10H,3-4,6H2,1-2H3. The minimum atomic E-state index is 1.08. The van der Waals surface area contributed by atoms with Crippen LogP contribution >= 0.6 is 0 Å². The van der Waals surface area contributed by atoms with E-state index in [2.05, 4.69) is 37.0 Å². The Labute approximate surface area is 80.5 Å². The maximum Gasteiger partial charge on any atom is 0.0342 e. The van der Waals surface area contributed by atoms with E-state index in [9.17, 15) is 0 Å². The number of pyridine rings is 1. The fraction of sp³-hybridized carbons (Fsp3) is 0.417. The van der Waals surface area contributed by atoms with Gasteiger partial charge >= 0.3 is 0 Å². The number of allylic oxidation sites excluding steroid dienone is 1. The molecular weight excluding hydrogens is 158 g/mol. The van der Waals surface area contributed by atoms with Crippen LogP contribution in [0.25, 0.3) is 6.08 Å². The summed E-state index contributed by atoms with van der Waals surface area (Å²) in [6, 6.07) is 2.11. The van der Waals surface area contributed by atoms with Gasteiger partial charge in [0.1, 0.15) is 0 Å². The van der Waals surface area contributed by atoms with Crippen molar-refractivity contribution in [3.8, 4) is 0 Å². The van der Waals surface area contributed by atoms with Gasteiger partial charge in [0.25, 0.3) is 0 Å². The van der Waals surface area contributed by atoms with Crippen molar-refractivity contribution in [2.24, 2.45) is 0 Å². The molecule has 0 aliphatic carbocycles. The Balaban J connectivity index is 2.84. The number of rotatable bonds is 4. The third kappa shape index (κ3) is 3.02. The van der Waals surface area contributed by atoms with Crippen LogP contribution in [0.1, 0.15) is 37.8 Å². The van der Waals surface area contributed by atoms with Crippen LogP contribution in [-0.4, -0.2) is 4.98 Å². The highest BCUT2D eigenvalue weighted by Crippen LogP contribution is 2.11. The van der Waals surface area contributed by atoms with Gasteiger partial charge in [-0.3, -0.25) is 4.98 Å². The normalized spacial score (nSPS) is 10.9. The van der Waals surface area contributed by atoms with Gasteiger partial charge in [-0.2, -0.15) is 0 Å². The molecule has 0 atom stereocenters. The van der Waals surface area contributed by atoms with Crippen LogP contribution in [0, 0.1) is 0 Å². The van der Waals surface area contributed by atoms with Crippen molar-refractivity contribution >= 4 is 6.08 Å². The summed E-state index contributed by atoms with van der Waals surface area (Å²) in [5.41, 5.74) is 2.67. The van der Waals surface area contributed by atoms with Crippen LogP contribution in [0.3, 0.4) is 0 Å². The van der Waals surface area contributed by atoms with Gasteiger partial charge in [0.15, 0.2) is 0 Å². The molecular formula is C12H17N. The Morgan fingerprint density at radius 2 is 2.23 bits per heavy atom. The van der Waals surface area contributed by atoms with Crippen molar-refractivity contribution in [2.45, 2.75) is 33.1 Å². The maximum absolute atomic E-state index is 4.13. The molecule has 0 radical (unpaired) electrons. The summed E-state index contributed by atoms with van der Waals surface area (Å²) in [6.45, 7) is 4.35. The van der Waals surface area contributed by atoms with E-state index >= 15 is 0 Å². The zero-order valence-corrected chi connectivity index (χ0v) is 8.46. The van der Waals surface area contributed by atoms with Crippen molar-refractivity contribution in [3.05, 3.63) is 35.7 Å². The van der Waals surface area contributed by atoms with Crippen molar-refractivity contribution in [1.82, 2.24) is 4.98 Å². The second kappa shape index (κ2) is 5.52. The summed E-state index contributed by atoms with van der Waals surface area (Å²) in [6.07, 6.45) is 11.6. The molecule has 0 aliphatic heterocycles. The summed E-state index contributed by atoms with van der Waals surface area (Å²) >= 11 is 0. The molecule has 0 aliphatic rings. The van der Waals surface area contributed by atoms with E-state index in [1.54, 1.807) is 0 Å². The second-order valence-electron chi connectivity index (χ2n) is 3.14. The summed E-state index contributed by atoms with van der Waals surface area (Å²) in [7, 11) is 0. The predicted octanol–water partition coefficient (Wildman–Crippen LogP) is 3.46. The van der Waals surface area contributed by atoms with Gasteiger partial charge in [-0.15, -0.1) is 0 Å². The van der Waals surface area contributed by atoms with E-state index < -0.39 is 0 Å². The second-order valence-corrected chi connectivity index (χ2v) is 3.14. The SMILES string of the molecule is CCC=Cc1cnccc1CCC. The van der Waals surface area contributed by atoms with Gasteiger partial charge in [-0.05, 0) is 30.0 Å². The average Bonchev–Trinajstić information content (AvgIpc) is 2.17. The molecule has 1 aromatic heterocycles. The number of hydrogen-bond acceptors (Lipinski definition) is 1. The van der Waals surface area contributed by atoms with Crippen molar-refractivity contribution in [2.75, 3.05) is 0 Å². The molecule has 1 heteroatoms. The Hall–Kier alpha value is -1.11. The summed E-state index contributed by atoms with van der Waals surface area (Å²) in [5.74, 6) is 0. The maximum atomic E-state index is 4.13. The van der Waals surface area contributed by atoms with Crippen LogP contribution < -0.4 is 0 Å². The molecule has 13 heavy (non-hydrogen) atoms. The molecule has 0 aromatic carbocycles. The quantitative estimate of drug-likeness (QED) is 0.683. The molecule has 0 bridgehead atoms. The Kier molecular flexibility index (Phi) is 4.24. The van der Waals surface area contributed by atoms with Gasteiger partial charge in [-0.1, -0.05) is 32.4 Å². The van der Waals surface area contributed by atoms with Gasteiger partial charge in [0.05, 0.1) is 0 Å². The topological polar surface area (TPSA) is 12.9 Å². The molecule has 1 aromatic rings. The molecule has 0 spiro atoms. The fourth-order valence-electron chi connectivity index (χ4n) is 1.33. The first kappa shape index (κ1) is 9.97. The molecule has 0 N–H and O–H groups in total. The highest BCUT2D eigenvalue weighted by Gasteiger charge is 1.96. The van der Waals surface area contributed by atoms with Gasteiger partial charge < -0.3 is 0 Å². The van der Waals surface area contributed by atoms with Crippen LogP contribution in [-0.2, 0) is 6.42 Å². The smallest absolute Gasteiger partial charge is 0.0342 e. The van der Waals surface area contributed by atoms with Crippen molar-refractivity contribution in [3.63, 3.8) is 0 Å². The fourth-order valence-corrected chi connectivity index (χ4v) is 1.33. The van der Waals surface area contributed by atoms with Crippen LogP contribution in [0.2, 0.25) is 0 Å². The summed E-state index contributed by atoms with van der Waals surface area (Å²) in [5, 5.41) is 0. The van der Waals surface area contributed by atoms with Crippen molar-refractivity contribution in [1.29, 1.82) is 0 Å². The molecule has 1 nitrogen and oxygen atoms in total. The average molecular weight is 175 g/mol. The Bertz CT molecular complexity index is 276. The lowest BCUT2D eigenvalue weighted by Gasteiger charge is -2.02. The van der Waals surface area contributed by atoms with Crippen molar-refractivity contribution < 1.29 is 0 Å². The van der Waals surface area contributed by atoms with E-state index in [1.165, 1.54) is 17.5 Å². The largest absolute Gasteiger partial charge is 0.264 e. The number of aryl methyl sites for hydroxylation is 1. The number of nitrogens with zero attached hydrogens (tertiary/aromatic N) is 1. The Morgan fingerprint density at radius 3 is 2.92 bits per heavy atom. The molecule has 0 unspecified atom stereocenters. The third-order valence-electron chi connectivity index (χ3n) is 2.00. The van der Waals surface area contributed by atoms with Crippen LogP contribution in [0.4, 0.5) is 0 Å². The molecule has 70 valence electrons.